The van der Waals surface area contributed by atoms with Gasteiger partial charge in [-0.1, -0.05) is 82.4 Å². The van der Waals surface area contributed by atoms with Gasteiger partial charge in [0, 0.05) is 18.2 Å². The highest BCUT2D eigenvalue weighted by atomic mass is 32.2. The predicted octanol–water partition coefficient (Wildman–Crippen LogP) is 5.84. The highest BCUT2D eigenvalue weighted by molar-refractivity contribution is 7.85. The lowest BCUT2D eigenvalue weighted by Gasteiger charge is -2.05. The Morgan fingerprint density at radius 1 is 0.871 bits per heavy atom. The predicted molar refractivity (Wildman–Crippen MR) is 124 cm³/mol. The Morgan fingerprint density at radius 2 is 1.45 bits per heavy atom. The van der Waals surface area contributed by atoms with Crippen LogP contribution in [-0.4, -0.2) is 19.6 Å². The number of rotatable bonds is 14. The monoisotopic (exact) mass is 449 g/mol. The molecule has 0 radical (unpaired) electrons. The van der Waals surface area contributed by atoms with Gasteiger partial charge in [0.05, 0.1) is 11.5 Å². The Morgan fingerprint density at radius 3 is 1.97 bits per heavy atom. The molecule has 1 N–H and O–H groups in total. The van der Waals surface area contributed by atoms with E-state index in [2.05, 4.69) is 18.0 Å². The summed E-state index contributed by atoms with van der Waals surface area (Å²) >= 11 is 0. The van der Waals surface area contributed by atoms with E-state index >= 15 is 0 Å². The molecular formula is C25H39NO4S. The summed E-state index contributed by atoms with van der Waals surface area (Å²) in [6.45, 7) is 5.72. The first kappa shape index (κ1) is 27.3. The topological polar surface area (TPSA) is 80.6 Å². The first-order valence-corrected chi connectivity index (χ1v) is 12.9. The molecule has 0 spiro atoms. The molecule has 2 aromatic rings. The van der Waals surface area contributed by atoms with Crippen molar-refractivity contribution >= 4 is 10.1 Å². The van der Waals surface area contributed by atoms with Crippen LogP contribution in [0.4, 0.5) is 0 Å². The van der Waals surface area contributed by atoms with Gasteiger partial charge >= 0.3 is 0 Å². The van der Waals surface area contributed by atoms with Crippen LogP contribution in [0, 0.1) is 6.92 Å². The van der Waals surface area contributed by atoms with Gasteiger partial charge in [0.25, 0.3) is 0 Å². The lowest BCUT2D eigenvalue weighted by molar-refractivity contribution is -0.379. The standard InChI is InChI=1S/C18H31NO.C7H8O3S/c1-2-3-4-5-6-7-8-9-10-11-15-20-17-18-13-12-14-19-16-18;1-6-2-4-7(5-3-6)11(8,9)10/h12-14,16H,2-11,15,17H2,1H3;2-5H,1H3,(H,8,9,10). The summed E-state index contributed by atoms with van der Waals surface area (Å²) < 4.78 is 36.8. The van der Waals surface area contributed by atoms with E-state index in [9.17, 15) is 13.0 Å². The van der Waals surface area contributed by atoms with Gasteiger partial charge in [0.2, 0.25) is 0 Å². The molecule has 0 saturated carbocycles. The lowest BCUT2D eigenvalue weighted by Crippen LogP contribution is -2.03. The summed E-state index contributed by atoms with van der Waals surface area (Å²) in [5, 5.41) is 0. The van der Waals surface area contributed by atoms with Crippen LogP contribution in [0.25, 0.3) is 0 Å². The number of aromatic amines is 1. The number of aromatic nitrogens is 1. The maximum absolute atomic E-state index is 10.4. The molecule has 2 rings (SSSR count). The van der Waals surface area contributed by atoms with Gasteiger partial charge in [-0.05, 0) is 31.5 Å². The largest absolute Gasteiger partial charge is 0.744 e. The second-order valence-corrected chi connectivity index (χ2v) is 9.29. The van der Waals surface area contributed by atoms with Gasteiger partial charge in [0.1, 0.15) is 10.1 Å². The highest BCUT2D eigenvalue weighted by Gasteiger charge is 1.98. The molecule has 0 aliphatic rings. The van der Waals surface area contributed by atoms with E-state index in [0.29, 0.717) is 0 Å². The zero-order valence-corrected chi connectivity index (χ0v) is 20.0. The van der Waals surface area contributed by atoms with Crippen LogP contribution < -0.4 is 4.98 Å². The minimum atomic E-state index is -4.27. The van der Waals surface area contributed by atoms with Crippen LogP contribution in [0.3, 0.4) is 0 Å². The number of benzene rings is 1. The lowest BCUT2D eigenvalue weighted by atomic mass is 10.1. The Labute approximate surface area is 189 Å². The molecule has 1 heterocycles. The van der Waals surface area contributed by atoms with Gasteiger partial charge in [-0.2, -0.15) is 0 Å². The quantitative estimate of drug-likeness (QED) is 0.268. The summed E-state index contributed by atoms with van der Waals surface area (Å²) in [6, 6.07) is 9.89. The van der Waals surface area contributed by atoms with Crippen molar-refractivity contribution in [2.75, 3.05) is 6.61 Å². The molecule has 6 heteroatoms. The van der Waals surface area contributed by atoms with E-state index in [1.54, 1.807) is 12.1 Å². The van der Waals surface area contributed by atoms with Crippen LogP contribution in [0.15, 0.2) is 53.7 Å². The third kappa shape index (κ3) is 14.8. The molecule has 0 saturated heterocycles. The average Bonchev–Trinajstić information content (AvgIpc) is 2.75. The molecule has 31 heavy (non-hydrogen) atoms. The fourth-order valence-corrected chi connectivity index (χ4v) is 3.58. The van der Waals surface area contributed by atoms with Gasteiger partial charge in [-0.15, -0.1) is 0 Å². The molecule has 0 atom stereocenters. The van der Waals surface area contributed by atoms with Crippen molar-refractivity contribution in [3.8, 4) is 0 Å². The van der Waals surface area contributed by atoms with E-state index in [4.69, 9.17) is 4.74 Å². The molecule has 0 amide bonds. The second kappa shape index (κ2) is 16.9. The molecule has 0 unspecified atom stereocenters. The number of hydrogen-bond donors (Lipinski definition) is 0. The minimum Gasteiger partial charge on any atom is -0.744 e. The number of nitrogens with one attached hydrogen (secondary N) is 1. The van der Waals surface area contributed by atoms with Crippen molar-refractivity contribution < 1.29 is 22.7 Å². The molecule has 1 aromatic heterocycles. The van der Waals surface area contributed by atoms with E-state index < -0.39 is 10.1 Å². The summed E-state index contributed by atoms with van der Waals surface area (Å²) in [6.07, 6.45) is 17.7. The number of unbranched alkanes of at least 4 members (excludes halogenated alkanes) is 9. The first-order valence-electron chi connectivity index (χ1n) is 11.5. The van der Waals surface area contributed by atoms with Crippen LogP contribution in [0.1, 0.15) is 82.3 Å². The fourth-order valence-electron chi connectivity index (χ4n) is 3.11. The molecule has 0 fully saturated rings. The number of ether oxygens (including phenoxy) is 1. The molecule has 174 valence electrons. The van der Waals surface area contributed by atoms with Gasteiger partial charge in [-0.3, -0.25) is 0 Å². The SMILES string of the molecule is CCCCCCCCCCCCOCc1ccc[nH+]c1.Cc1ccc(S(=O)(=O)[O-])cc1. The first-order chi connectivity index (χ1) is 14.9. The summed E-state index contributed by atoms with van der Waals surface area (Å²) in [4.78, 5) is 2.90. The maximum Gasteiger partial charge on any atom is 0.172 e. The van der Waals surface area contributed by atoms with Crippen molar-refractivity contribution in [1.29, 1.82) is 0 Å². The summed E-state index contributed by atoms with van der Waals surface area (Å²) in [5.74, 6) is 0. The molecule has 0 aliphatic heterocycles. The normalized spacial score (nSPS) is 11.1. The van der Waals surface area contributed by atoms with E-state index in [-0.39, 0.29) is 4.90 Å². The van der Waals surface area contributed by atoms with Crippen LogP contribution in [-0.2, 0) is 21.5 Å². The summed E-state index contributed by atoms with van der Waals surface area (Å²) in [5.41, 5.74) is 2.15. The van der Waals surface area contributed by atoms with Crippen LogP contribution >= 0.6 is 0 Å². The van der Waals surface area contributed by atoms with E-state index in [1.165, 1.54) is 81.9 Å². The van der Waals surface area contributed by atoms with E-state index in [0.717, 1.165) is 18.8 Å². The third-order valence-electron chi connectivity index (χ3n) is 4.99. The van der Waals surface area contributed by atoms with Crippen molar-refractivity contribution in [1.82, 2.24) is 0 Å². The average molecular weight is 450 g/mol. The van der Waals surface area contributed by atoms with Gasteiger partial charge < -0.3 is 9.29 Å². The Kier molecular flexibility index (Phi) is 14.8. The van der Waals surface area contributed by atoms with Crippen molar-refractivity contribution in [3.05, 3.63) is 59.9 Å². The Bertz CT molecular complexity index is 777. The number of aryl methyl sites for hydroxylation is 1. The zero-order valence-electron chi connectivity index (χ0n) is 19.1. The van der Waals surface area contributed by atoms with Gasteiger partial charge in [0.15, 0.2) is 12.4 Å². The van der Waals surface area contributed by atoms with Crippen LogP contribution in [0.2, 0.25) is 0 Å². The third-order valence-corrected chi connectivity index (χ3v) is 5.84. The molecular weight excluding hydrogens is 410 g/mol. The highest BCUT2D eigenvalue weighted by Crippen LogP contribution is 2.11. The van der Waals surface area contributed by atoms with Crippen LogP contribution in [0.5, 0.6) is 0 Å². The zero-order chi connectivity index (χ0) is 22.8. The van der Waals surface area contributed by atoms with Gasteiger partial charge in [-0.25, -0.2) is 13.4 Å². The Balaban J connectivity index is 0.000000367. The molecule has 1 aromatic carbocycles. The molecule has 0 aliphatic carbocycles. The van der Waals surface area contributed by atoms with Crippen molar-refractivity contribution in [2.45, 2.75) is 89.6 Å². The second-order valence-electron chi connectivity index (χ2n) is 7.91. The molecule has 0 bridgehead atoms. The fraction of sp³-hybridized carbons (Fsp3) is 0.560. The Hall–Kier alpha value is -1.76. The molecule has 5 nitrogen and oxygen atoms in total. The number of pyridine rings is 1. The number of H-pyrrole nitrogens is 1. The summed E-state index contributed by atoms with van der Waals surface area (Å²) in [7, 11) is -4.27. The number of hydrogen-bond acceptors (Lipinski definition) is 4. The smallest absolute Gasteiger partial charge is 0.172 e. The van der Waals surface area contributed by atoms with Crippen molar-refractivity contribution in [3.63, 3.8) is 0 Å². The minimum absolute atomic E-state index is 0.178. The van der Waals surface area contributed by atoms with E-state index in [1.807, 2.05) is 25.4 Å². The maximum atomic E-state index is 10.4. The van der Waals surface area contributed by atoms with Crippen molar-refractivity contribution in [2.24, 2.45) is 0 Å².